The van der Waals surface area contributed by atoms with Crippen LogP contribution in [0.2, 0.25) is 0 Å². The van der Waals surface area contributed by atoms with Gasteiger partial charge in [-0.15, -0.1) is 10.2 Å². The predicted molar refractivity (Wildman–Crippen MR) is 102 cm³/mol. The number of ether oxygens (including phenoxy) is 2. The van der Waals surface area contributed by atoms with Gasteiger partial charge in [0, 0.05) is 37.9 Å². The number of amides is 1. The molecule has 0 unspecified atom stereocenters. The topological polar surface area (TPSA) is 79.8 Å². The van der Waals surface area contributed by atoms with Gasteiger partial charge in [-0.1, -0.05) is 6.92 Å². The molecule has 0 aliphatic carbocycles. The zero-order chi connectivity index (χ0) is 18.6. The van der Waals surface area contributed by atoms with E-state index in [0.717, 1.165) is 38.5 Å². The van der Waals surface area contributed by atoms with Crippen LogP contribution in [0.3, 0.4) is 0 Å². The minimum Gasteiger partial charge on any atom is -0.486 e. The summed E-state index contributed by atoms with van der Waals surface area (Å²) in [5, 5.41) is 11.2. The van der Waals surface area contributed by atoms with E-state index in [1.165, 1.54) is 0 Å². The van der Waals surface area contributed by atoms with E-state index in [2.05, 4.69) is 32.2 Å². The van der Waals surface area contributed by atoms with Crippen LogP contribution in [0.15, 0.2) is 30.3 Å². The van der Waals surface area contributed by atoms with Gasteiger partial charge in [0.2, 0.25) is 0 Å². The van der Waals surface area contributed by atoms with Crippen LogP contribution in [0.4, 0.5) is 11.5 Å². The van der Waals surface area contributed by atoms with Crippen LogP contribution in [0.1, 0.15) is 17.4 Å². The Morgan fingerprint density at radius 2 is 1.81 bits per heavy atom. The molecule has 1 saturated heterocycles. The fraction of sp³-hybridized carbons (Fsp3) is 0.421. The number of nitrogens with zero attached hydrogens (tertiary/aromatic N) is 4. The summed E-state index contributed by atoms with van der Waals surface area (Å²) >= 11 is 0. The smallest absolute Gasteiger partial charge is 0.276 e. The SMILES string of the molecule is CCN1CCN(c2ccc(C(=O)Nc3ccc4c(c3)OCCO4)nn2)CC1. The number of nitrogens with one attached hydrogen (secondary N) is 1. The Labute approximate surface area is 158 Å². The number of likely N-dealkylation sites (N-methyl/N-ethyl adjacent to an activating group) is 1. The van der Waals surface area contributed by atoms with E-state index >= 15 is 0 Å². The zero-order valence-electron chi connectivity index (χ0n) is 15.4. The van der Waals surface area contributed by atoms with Crippen LogP contribution in [-0.4, -0.2) is 66.9 Å². The van der Waals surface area contributed by atoms with Crippen molar-refractivity contribution >= 4 is 17.4 Å². The Kier molecular flexibility index (Phi) is 5.06. The maximum Gasteiger partial charge on any atom is 0.276 e. The molecule has 142 valence electrons. The average molecular weight is 369 g/mol. The first-order valence-corrected chi connectivity index (χ1v) is 9.25. The zero-order valence-corrected chi connectivity index (χ0v) is 15.4. The van der Waals surface area contributed by atoms with Gasteiger partial charge in [-0.3, -0.25) is 4.79 Å². The Morgan fingerprint density at radius 1 is 1.04 bits per heavy atom. The number of aromatic nitrogens is 2. The second kappa shape index (κ2) is 7.79. The normalized spacial score (nSPS) is 16.9. The molecule has 0 bridgehead atoms. The minimum atomic E-state index is -0.304. The number of fused-ring (bicyclic) bond motifs is 1. The lowest BCUT2D eigenvalue weighted by atomic mass is 10.2. The van der Waals surface area contributed by atoms with Gasteiger partial charge >= 0.3 is 0 Å². The first kappa shape index (κ1) is 17.5. The quantitative estimate of drug-likeness (QED) is 0.878. The van der Waals surface area contributed by atoms with Crippen LogP contribution < -0.4 is 19.7 Å². The molecule has 1 N–H and O–H groups in total. The molecule has 0 spiro atoms. The summed E-state index contributed by atoms with van der Waals surface area (Å²) in [6.07, 6.45) is 0. The first-order chi connectivity index (χ1) is 13.2. The van der Waals surface area contributed by atoms with E-state index in [1.54, 1.807) is 24.3 Å². The van der Waals surface area contributed by atoms with Gasteiger partial charge < -0.3 is 24.6 Å². The molecule has 8 nitrogen and oxygen atoms in total. The highest BCUT2D eigenvalue weighted by molar-refractivity contribution is 6.03. The fourth-order valence-corrected chi connectivity index (χ4v) is 3.22. The number of carbonyl (C=O) groups is 1. The third-order valence-corrected chi connectivity index (χ3v) is 4.83. The molecule has 2 aromatic rings. The monoisotopic (exact) mass is 369 g/mol. The molecule has 2 aliphatic heterocycles. The largest absolute Gasteiger partial charge is 0.486 e. The molecule has 4 rings (SSSR count). The maximum atomic E-state index is 12.4. The summed E-state index contributed by atoms with van der Waals surface area (Å²) in [6.45, 7) is 8.16. The van der Waals surface area contributed by atoms with Gasteiger partial charge in [-0.25, -0.2) is 0 Å². The lowest BCUT2D eigenvalue weighted by Gasteiger charge is -2.34. The lowest BCUT2D eigenvalue weighted by molar-refractivity contribution is 0.102. The third kappa shape index (κ3) is 3.95. The number of hydrogen-bond acceptors (Lipinski definition) is 7. The number of piperazine rings is 1. The molecular weight excluding hydrogens is 346 g/mol. The molecule has 0 atom stereocenters. The molecule has 1 amide bonds. The van der Waals surface area contributed by atoms with Crippen molar-refractivity contribution in [2.24, 2.45) is 0 Å². The van der Waals surface area contributed by atoms with E-state index in [9.17, 15) is 4.79 Å². The van der Waals surface area contributed by atoms with E-state index in [4.69, 9.17) is 9.47 Å². The number of anilines is 2. The van der Waals surface area contributed by atoms with Gasteiger partial charge in [-0.2, -0.15) is 0 Å². The van der Waals surface area contributed by atoms with Crippen molar-refractivity contribution in [2.45, 2.75) is 6.92 Å². The fourth-order valence-electron chi connectivity index (χ4n) is 3.22. The Balaban J connectivity index is 1.39. The second-order valence-corrected chi connectivity index (χ2v) is 6.51. The first-order valence-electron chi connectivity index (χ1n) is 9.25. The predicted octanol–water partition coefficient (Wildman–Crippen LogP) is 1.64. The van der Waals surface area contributed by atoms with Crippen LogP contribution in [0.25, 0.3) is 0 Å². The highest BCUT2D eigenvalue weighted by Crippen LogP contribution is 2.32. The number of benzene rings is 1. The van der Waals surface area contributed by atoms with Crippen LogP contribution in [-0.2, 0) is 0 Å². The Bertz CT molecular complexity index is 803. The minimum absolute atomic E-state index is 0.279. The van der Waals surface area contributed by atoms with E-state index < -0.39 is 0 Å². The molecule has 0 saturated carbocycles. The number of hydrogen-bond donors (Lipinski definition) is 1. The van der Waals surface area contributed by atoms with Crippen molar-refractivity contribution < 1.29 is 14.3 Å². The van der Waals surface area contributed by atoms with Gasteiger partial charge in [0.25, 0.3) is 5.91 Å². The summed E-state index contributed by atoms with van der Waals surface area (Å²) < 4.78 is 11.0. The van der Waals surface area contributed by atoms with Crippen molar-refractivity contribution in [3.63, 3.8) is 0 Å². The van der Waals surface area contributed by atoms with Gasteiger partial charge in [-0.05, 0) is 30.8 Å². The Hall–Kier alpha value is -2.87. The average Bonchev–Trinajstić information content (AvgIpc) is 2.74. The molecule has 2 aliphatic rings. The summed E-state index contributed by atoms with van der Waals surface area (Å²) in [7, 11) is 0. The molecule has 1 fully saturated rings. The maximum absolute atomic E-state index is 12.4. The number of carbonyl (C=O) groups excluding carboxylic acids is 1. The van der Waals surface area contributed by atoms with Crippen LogP contribution >= 0.6 is 0 Å². The highest BCUT2D eigenvalue weighted by atomic mass is 16.6. The van der Waals surface area contributed by atoms with Crippen LogP contribution in [0, 0.1) is 0 Å². The summed E-state index contributed by atoms with van der Waals surface area (Å²) in [4.78, 5) is 17.0. The summed E-state index contributed by atoms with van der Waals surface area (Å²) in [5.74, 6) is 1.82. The van der Waals surface area contributed by atoms with Crippen molar-refractivity contribution in [2.75, 3.05) is 56.2 Å². The highest BCUT2D eigenvalue weighted by Gasteiger charge is 2.18. The Morgan fingerprint density at radius 3 is 2.52 bits per heavy atom. The molecule has 1 aromatic heterocycles. The van der Waals surface area contributed by atoms with Gasteiger partial charge in [0.15, 0.2) is 23.0 Å². The van der Waals surface area contributed by atoms with Crippen molar-refractivity contribution in [3.05, 3.63) is 36.0 Å². The standard InChI is InChI=1S/C19H23N5O3/c1-2-23-7-9-24(10-8-23)18-6-4-15(21-22-18)19(25)20-14-3-5-16-17(13-14)27-12-11-26-16/h3-6,13H,2,7-12H2,1H3,(H,20,25). The molecule has 8 heteroatoms. The summed E-state index contributed by atoms with van der Waals surface area (Å²) in [5.41, 5.74) is 0.909. The second-order valence-electron chi connectivity index (χ2n) is 6.51. The molecule has 27 heavy (non-hydrogen) atoms. The summed E-state index contributed by atoms with van der Waals surface area (Å²) in [6, 6.07) is 8.88. The van der Waals surface area contributed by atoms with E-state index in [-0.39, 0.29) is 11.6 Å². The molecule has 3 heterocycles. The van der Waals surface area contributed by atoms with Crippen molar-refractivity contribution in [3.8, 4) is 11.5 Å². The van der Waals surface area contributed by atoms with E-state index in [1.807, 2.05) is 6.07 Å². The van der Waals surface area contributed by atoms with Gasteiger partial charge in [0.05, 0.1) is 0 Å². The number of rotatable bonds is 4. The third-order valence-electron chi connectivity index (χ3n) is 4.83. The lowest BCUT2D eigenvalue weighted by Crippen LogP contribution is -2.46. The van der Waals surface area contributed by atoms with E-state index in [0.29, 0.717) is 30.4 Å². The van der Waals surface area contributed by atoms with Crippen molar-refractivity contribution in [1.82, 2.24) is 15.1 Å². The van der Waals surface area contributed by atoms with Crippen LogP contribution in [0.5, 0.6) is 11.5 Å². The molecule has 0 radical (unpaired) electrons. The molecular formula is C19H23N5O3. The van der Waals surface area contributed by atoms with Gasteiger partial charge in [0.1, 0.15) is 13.2 Å². The van der Waals surface area contributed by atoms with Crippen molar-refractivity contribution in [1.29, 1.82) is 0 Å². The molecule has 1 aromatic carbocycles.